The zero-order valence-electron chi connectivity index (χ0n) is 17.1. The first kappa shape index (κ1) is 21.3. The Morgan fingerprint density at radius 2 is 1.90 bits per heavy atom. The maximum absolute atomic E-state index is 13.4. The predicted molar refractivity (Wildman–Crippen MR) is 113 cm³/mol. The molecule has 2 N–H and O–H groups in total. The SMILES string of the molecule is CCCNC(=NCC(c1ccc(F)cc1)N1CCOCC1)NCCc1ccco1. The molecule has 0 aliphatic carbocycles. The van der Waals surface area contributed by atoms with Crippen LogP contribution in [0.5, 0.6) is 0 Å². The lowest BCUT2D eigenvalue weighted by Crippen LogP contribution is -2.42. The monoisotopic (exact) mass is 402 g/mol. The molecule has 3 rings (SSSR count). The number of aliphatic imine (C=N–C) groups is 1. The summed E-state index contributed by atoms with van der Waals surface area (Å²) in [5.74, 6) is 1.52. The van der Waals surface area contributed by atoms with Crippen molar-refractivity contribution in [1.29, 1.82) is 0 Å². The van der Waals surface area contributed by atoms with E-state index in [4.69, 9.17) is 14.1 Å². The van der Waals surface area contributed by atoms with Crippen molar-refractivity contribution >= 4 is 5.96 Å². The van der Waals surface area contributed by atoms with E-state index >= 15 is 0 Å². The van der Waals surface area contributed by atoms with E-state index in [1.807, 2.05) is 24.3 Å². The van der Waals surface area contributed by atoms with Crippen molar-refractivity contribution in [2.45, 2.75) is 25.8 Å². The maximum atomic E-state index is 13.4. The lowest BCUT2D eigenvalue weighted by molar-refractivity contribution is 0.0179. The molecule has 1 aromatic carbocycles. The molecular weight excluding hydrogens is 371 g/mol. The van der Waals surface area contributed by atoms with Gasteiger partial charge >= 0.3 is 0 Å². The second-order valence-corrected chi connectivity index (χ2v) is 7.09. The summed E-state index contributed by atoms with van der Waals surface area (Å²) in [4.78, 5) is 7.20. The van der Waals surface area contributed by atoms with Crippen LogP contribution < -0.4 is 10.6 Å². The number of nitrogens with one attached hydrogen (secondary N) is 2. The van der Waals surface area contributed by atoms with Gasteiger partial charge in [0.2, 0.25) is 0 Å². The molecular formula is C22H31FN4O2. The smallest absolute Gasteiger partial charge is 0.191 e. The zero-order chi connectivity index (χ0) is 20.3. The Balaban J connectivity index is 1.67. The minimum Gasteiger partial charge on any atom is -0.469 e. The number of halogens is 1. The fraction of sp³-hybridized carbons (Fsp3) is 0.500. The quantitative estimate of drug-likeness (QED) is 0.499. The molecule has 2 aromatic rings. The van der Waals surface area contributed by atoms with Crippen LogP contribution in [-0.4, -0.2) is 56.8 Å². The second-order valence-electron chi connectivity index (χ2n) is 7.09. The third-order valence-corrected chi connectivity index (χ3v) is 4.95. The maximum Gasteiger partial charge on any atom is 0.191 e. The van der Waals surface area contributed by atoms with Crippen LogP contribution in [0, 0.1) is 5.82 Å². The molecule has 6 nitrogen and oxygen atoms in total. The van der Waals surface area contributed by atoms with E-state index in [1.54, 1.807) is 6.26 Å². The average Bonchev–Trinajstić information content (AvgIpc) is 3.27. The van der Waals surface area contributed by atoms with Crippen LogP contribution in [0.25, 0.3) is 0 Å². The van der Waals surface area contributed by atoms with Crippen LogP contribution in [0.1, 0.15) is 30.7 Å². The predicted octanol–water partition coefficient (Wildman–Crippen LogP) is 2.98. The summed E-state index contributed by atoms with van der Waals surface area (Å²) in [5, 5.41) is 6.76. The number of furan rings is 1. The minimum absolute atomic E-state index is 0.0878. The number of guanidine groups is 1. The highest BCUT2D eigenvalue weighted by molar-refractivity contribution is 5.79. The fourth-order valence-electron chi connectivity index (χ4n) is 3.36. The molecule has 1 aliphatic heterocycles. The number of morpholine rings is 1. The van der Waals surface area contributed by atoms with Gasteiger partial charge in [0.05, 0.1) is 32.1 Å². The van der Waals surface area contributed by atoms with Gasteiger partial charge < -0.3 is 19.8 Å². The lowest BCUT2D eigenvalue weighted by atomic mass is 10.0. The largest absolute Gasteiger partial charge is 0.469 e. The van der Waals surface area contributed by atoms with E-state index in [0.29, 0.717) is 19.8 Å². The van der Waals surface area contributed by atoms with Crippen LogP contribution in [0.4, 0.5) is 4.39 Å². The standard InChI is InChI=1S/C22H31FN4O2/c1-2-10-24-22(25-11-9-20-4-3-14-29-20)26-17-21(27-12-15-28-16-13-27)18-5-7-19(23)8-6-18/h3-8,14,21H,2,9-13,15-17H2,1H3,(H2,24,25,26). The van der Waals surface area contributed by atoms with Gasteiger partial charge in [-0.05, 0) is 36.2 Å². The van der Waals surface area contributed by atoms with Crippen LogP contribution in [0.3, 0.4) is 0 Å². The van der Waals surface area contributed by atoms with Crippen LogP contribution in [0.2, 0.25) is 0 Å². The van der Waals surface area contributed by atoms with Gasteiger partial charge in [0.25, 0.3) is 0 Å². The molecule has 1 saturated heterocycles. The van der Waals surface area contributed by atoms with Crippen molar-refractivity contribution in [3.05, 3.63) is 59.8 Å². The summed E-state index contributed by atoms with van der Waals surface area (Å²) < 4.78 is 24.3. The Labute approximate surface area is 172 Å². The Kier molecular flexibility index (Phi) is 8.52. The molecule has 0 saturated carbocycles. The molecule has 1 aliphatic rings. The van der Waals surface area contributed by atoms with Crippen molar-refractivity contribution in [3.63, 3.8) is 0 Å². The van der Waals surface area contributed by atoms with Crippen LogP contribution in [-0.2, 0) is 11.2 Å². The van der Waals surface area contributed by atoms with E-state index in [1.165, 1.54) is 12.1 Å². The topological polar surface area (TPSA) is 62.0 Å². The van der Waals surface area contributed by atoms with E-state index in [9.17, 15) is 4.39 Å². The summed E-state index contributed by atoms with van der Waals surface area (Å²) in [7, 11) is 0. The molecule has 1 fully saturated rings. The second kappa shape index (κ2) is 11.6. The first-order valence-corrected chi connectivity index (χ1v) is 10.4. The van der Waals surface area contributed by atoms with Gasteiger partial charge in [0.1, 0.15) is 11.6 Å². The number of benzene rings is 1. The molecule has 1 aromatic heterocycles. The minimum atomic E-state index is -0.220. The first-order chi connectivity index (χ1) is 14.3. The Morgan fingerprint density at radius 1 is 1.14 bits per heavy atom. The van der Waals surface area contributed by atoms with Crippen molar-refractivity contribution in [2.75, 3.05) is 45.9 Å². The van der Waals surface area contributed by atoms with Crippen molar-refractivity contribution in [2.24, 2.45) is 4.99 Å². The third kappa shape index (κ3) is 6.87. The van der Waals surface area contributed by atoms with Crippen molar-refractivity contribution in [1.82, 2.24) is 15.5 Å². The van der Waals surface area contributed by atoms with Crippen molar-refractivity contribution < 1.29 is 13.5 Å². The highest BCUT2D eigenvalue weighted by Crippen LogP contribution is 2.22. The van der Waals surface area contributed by atoms with E-state index in [-0.39, 0.29) is 11.9 Å². The summed E-state index contributed by atoms with van der Waals surface area (Å²) in [6.45, 7) is 7.43. The summed E-state index contributed by atoms with van der Waals surface area (Å²) >= 11 is 0. The molecule has 158 valence electrons. The number of ether oxygens (including phenoxy) is 1. The molecule has 1 unspecified atom stereocenters. The van der Waals surface area contributed by atoms with Gasteiger partial charge in [0.15, 0.2) is 5.96 Å². The Morgan fingerprint density at radius 3 is 2.59 bits per heavy atom. The highest BCUT2D eigenvalue weighted by atomic mass is 19.1. The number of nitrogens with zero attached hydrogens (tertiary/aromatic N) is 2. The number of rotatable bonds is 9. The van der Waals surface area contributed by atoms with Crippen molar-refractivity contribution in [3.8, 4) is 0 Å². The molecule has 1 atom stereocenters. The molecule has 7 heteroatoms. The molecule has 0 bridgehead atoms. The molecule has 0 amide bonds. The van der Waals surface area contributed by atoms with E-state index in [0.717, 1.165) is 56.3 Å². The molecule has 0 radical (unpaired) electrons. The third-order valence-electron chi connectivity index (χ3n) is 4.95. The summed E-state index contributed by atoms with van der Waals surface area (Å²) in [6, 6.07) is 10.7. The van der Waals surface area contributed by atoms with Gasteiger partial charge in [-0.25, -0.2) is 4.39 Å². The van der Waals surface area contributed by atoms with Gasteiger partial charge in [-0.1, -0.05) is 19.1 Å². The van der Waals surface area contributed by atoms with Gasteiger partial charge in [-0.2, -0.15) is 0 Å². The fourth-order valence-corrected chi connectivity index (χ4v) is 3.36. The number of hydrogen-bond acceptors (Lipinski definition) is 4. The first-order valence-electron chi connectivity index (χ1n) is 10.4. The normalized spacial score (nSPS) is 16.6. The van der Waals surface area contributed by atoms with Crippen LogP contribution >= 0.6 is 0 Å². The number of hydrogen-bond donors (Lipinski definition) is 2. The zero-order valence-corrected chi connectivity index (χ0v) is 17.1. The summed E-state index contributed by atoms with van der Waals surface area (Å²) in [6.07, 6.45) is 3.50. The van der Waals surface area contributed by atoms with Gasteiger partial charge in [-0.3, -0.25) is 9.89 Å². The van der Waals surface area contributed by atoms with E-state index < -0.39 is 0 Å². The van der Waals surface area contributed by atoms with Crippen LogP contribution in [0.15, 0.2) is 52.1 Å². The van der Waals surface area contributed by atoms with E-state index in [2.05, 4.69) is 22.5 Å². The van der Waals surface area contributed by atoms with Gasteiger partial charge in [-0.15, -0.1) is 0 Å². The Bertz CT molecular complexity index is 728. The molecule has 2 heterocycles. The average molecular weight is 403 g/mol. The summed E-state index contributed by atoms with van der Waals surface area (Å²) in [5.41, 5.74) is 1.07. The highest BCUT2D eigenvalue weighted by Gasteiger charge is 2.22. The lowest BCUT2D eigenvalue weighted by Gasteiger charge is -2.34. The van der Waals surface area contributed by atoms with Gasteiger partial charge in [0, 0.05) is 32.6 Å². The molecule has 29 heavy (non-hydrogen) atoms. The molecule has 0 spiro atoms. The Hall–Kier alpha value is -2.38.